The minimum atomic E-state index is -0.135. The zero-order valence-corrected chi connectivity index (χ0v) is 11.0. The van der Waals surface area contributed by atoms with E-state index >= 15 is 0 Å². The molecule has 0 aliphatic carbocycles. The van der Waals surface area contributed by atoms with Crippen LogP contribution in [0.5, 0.6) is 0 Å². The van der Waals surface area contributed by atoms with E-state index in [1.165, 1.54) is 17.0 Å². The van der Waals surface area contributed by atoms with Crippen LogP contribution >= 0.6 is 0 Å². The standard InChI is InChI=1S/C12H14N6O2/c1-8-9(6-14-12-15-7-16-18(8)12)11(20)17-4-2-10(19)13-3-5-17/h6-7H,2-5H2,1H3,(H,13,19). The van der Waals surface area contributed by atoms with Gasteiger partial charge in [0.15, 0.2) is 0 Å². The summed E-state index contributed by atoms with van der Waals surface area (Å²) in [6.45, 7) is 3.19. The first kappa shape index (κ1) is 12.5. The summed E-state index contributed by atoms with van der Waals surface area (Å²) in [6, 6.07) is 0. The van der Waals surface area contributed by atoms with E-state index in [2.05, 4.69) is 20.4 Å². The van der Waals surface area contributed by atoms with Crippen LogP contribution in [0.2, 0.25) is 0 Å². The highest BCUT2D eigenvalue weighted by atomic mass is 16.2. The Kier molecular flexibility index (Phi) is 3.05. The highest BCUT2D eigenvalue weighted by Crippen LogP contribution is 2.11. The number of nitrogens with zero attached hydrogens (tertiary/aromatic N) is 5. The molecular formula is C12H14N6O2. The Balaban J connectivity index is 1.91. The molecule has 1 aliphatic heterocycles. The summed E-state index contributed by atoms with van der Waals surface area (Å²) >= 11 is 0. The van der Waals surface area contributed by atoms with Gasteiger partial charge in [-0.15, -0.1) is 0 Å². The zero-order chi connectivity index (χ0) is 14.1. The largest absolute Gasteiger partial charge is 0.354 e. The molecule has 2 aromatic heterocycles. The van der Waals surface area contributed by atoms with E-state index in [0.29, 0.717) is 43.1 Å². The Morgan fingerprint density at radius 2 is 2.20 bits per heavy atom. The number of aromatic nitrogens is 4. The van der Waals surface area contributed by atoms with Gasteiger partial charge in [-0.3, -0.25) is 9.59 Å². The topological polar surface area (TPSA) is 92.5 Å². The van der Waals surface area contributed by atoms with E-state index in [1.54, 1.807) is 11.8 Å². The molecule has 8 nitrogen and oxygen atoms in total. The highest BCUT2D eigenvalue weighted by molar-refractivity contribution is 5.95. The number of amides is 2. The lowest BCUT2D eigenvalue weighted by atomic mass is 10.2. The third-order valence-electron chi connectivity index (χ3n) is 3.38. The van der Waals surface area contributed by atoms with Crippen molar-refractivity contribution in [3.8, 4) is 0 Å². The molecule has 1 fully saturated rings. The molecule has 0 radical (unpaired) electrons. The van der Waals surface area contributed by atoms with E-state index in [4.69, 9.17) is 0 Å². The predicted molar refractivity (Wildman–Crippen MR) is 69.0 cm³/mol. The first-order chi connectivity index (χ1) is 9.66. The van der Waals surface area contributed by atoms with Crippen molar-refractivity contribution in [2.24, 2.45) is 0 Å². The Bertz CT molecular complexity index is 680. The molecule has 0 saturated carbocycles. The molecule has 0 spiro atoms. The Morgan fingerprint density at radius 1 is 1.35 bits per heavy atom. The van der Waals surface area contributed by atoms with Gasteiger partial charge in [0.25, 0.3) is 11.7 Å². The van der Waals surface area contributed by atoms with Crippen LogP contribution in [0, 0.1) is 6.92 Å². The van der Waals surface area contributed by atoms with Gasteiger partial charge >= 0.3 is 0 Å². The van der Waals surface area contributed by atoms with Crippen molar-refractivity contribution in [1.29, 1.82) is 0 Å². The number of hydrogen-bond acceptors (Lipinski definition) is 5. The quantitative estimate of drug-likeness (QED) is 0.749. The lowest BCUT2D eigenvalue weighted by molar-refractivity contribution is -0.120. The SMILES string of the molecule is Cc1c(C(=O)N2CCNC(=O)CC2)cnc2ncnn12. The molecule has 3 heterocycles. The minimum Gasteiger partial charge on any atom is -0.354 e. The number of fused-ring (bicyclic) bond motifs is 1. The zero-order valence-electron chi connectivity index (χ0n) is 11.0. The molecule has 1 N–H and O–H groups in total. The Hall–Kier alpha value is -2.51. The first-order valence-electron chi connectivity index (χ1n) is 6.38. The molecule has 104 valence electrons. The maximum Gasteiger partial charge on any atom is 0.257 e. The minimum absolute atomic E-state index is 0.0260. The van der Waals surface area contributed by atoms with Crippen LogP contribution in [0.4, 0.5) is 0 Å². The first-order valence-corrected chi connectivity index (χ1v) is 6.38. The van der Waals surface area contributed by atoms with Crippen LogP contribution in [-0.4, -0.2) is 55.9 Å². The maximum absolute atomic E-state index is 12.5. The predicted octanol–water partition coefficient (Wildman–Crippen LogP) is -0.605. The molecule has 0 bridgehead atoms. The summed E-state index contributed by atoms with van der Waals surface area (Å²) in [5.74, 6) is 0.303. The molecule has 2 aromatic rings. The van der Waals surface area contributed by atoms with Crippen molar-refractivity contribution < 1.29 is 9.59 Å². The molecule has 20 heavy (non-hydrogen) atoms. The van der Waals surface area contributed by atoms with E-state index in [1.807, 2.05) is 0 Å². The van der Waals surface area contributed by atoms with Gasteiger partial charge in [0.2, 0.25) is 5.91 Å². The van der Waals surface area contributed by atoms with Gasteiger partial charge < -0.3 is 10.2 Å². The van der Waals surface area contributed by atoms with E-state index < -0.39 is 0 Å². The molecule has 1 saturated heterocycles. The number of hydrogen-bond donors (Lipinski definition) is 1. The van der Waals surface area contributed by atoms with Crippen molar-refractivity contribution in [3.05, 3.63) is 23.8 Å². The summed E-state index contributed by atoms with van der Waals surface area (Å²) in [4.78, 5) is 33.6. The van der Waals surface area contributed by atoms with Crippen LogP contribution < -0.4 is 5.32 Å². The van der Waals surface area contributed by atoms with Crippen LogP contribution in [0.25, 0.3) is 5.78 Å². The molecular weight excluding hydrogens is 260 g/mol. The van der Waals surface area contributed by atoms with Gasteiger partial charge in [-0.1, -0.05) is 0 Å². The molecule has 0 aromatic carbocycles. The summed E-state index contributed by atoms with van der Waals surface area (Å²) in [5, 5.41) is 6.79. The molecule has 2 amide bonds. The Labute approximate surface area is 114 Å². The molecule has 8 heteroatoms. The normalized spacial score (nSPS) is 16.1. The van der Waals surface area contributed by atoms with Crippen LogP contribution in [0.15, 0.2) is 12.5 Å². The number of aryl methyl sites for hydroxylation is 1. The fourth-order valence-corrected chi connectivity index (χ4v) is 2.24. The van der Waals surface area contributed by atoms with E-state index in [0.717, 1.165) is 0 Å². The molecule has 0 unspecified atom stereocenters. The van der Waals surface area contributed by atoms with Gasteiger partial charge in [-0.2, -0.15) is 10.1 Å². The lowest BCUT2D eigenvalue weighted by Gasteiger charge is -2.20. The lowest BCUT2D eigenvalue weighted by Crippen LogP contribution is -2.35. The Morgan fingerprint density at radius 3 is 3.05 bits per heavy atom. The second-order valence-electron chi connectivity index (χ2n) is 4.62. The van der Waals surface area contributed by atoms with Crippen molar-refractivity contribution in [2.45, 2.75) is 13.3 Å². The smallest absolute Gasteiger partial charge is 0.257 e. The van der Waals surface area contributed by atoms with Crippen molar-refractivity contribution in [2.75, 3.05) is 19.6 Å². The van der Waals surface area contributed by atoms with Gasteiger partial charge in [-0.05, 0) is 6.92 Å². The van der Waals surface area contributed by atoms with Crippen molar-refractivity contribution >= 4 is 17.6 Å². The second-order valence-corrected chi connectivity index (χ2v) is 4.62. The van der Waals surface area contributed by atoms with Gasteiger partial charge in [0, 0.05) is 32.3 Å². The van der Waals surface area contributed by atoms with Crippen LogP contribution in [0.3, 0.4) is 0 Å². The second kappa shape index (κ2) is 4.87. The average Bonchev–Trinajstić information content (AvgIpc) is 2.82. The number of nitrogens with one attached hydrogen (secondary N) is 1. The summed E-state index contributed by atoms with van der Waals surface area (Å²) < 4.78 is 1.54. The van der Waals surface area contributed by atoms with Crippen molar-refractivity contribution in [3.63, 3.8) is 0 Å². The van der Waals surface area contributed by atoms with Crippen LogP contribution in [0.1, 0.15) is 22.5 Å². The van der Waals surface area contributed by atoms with E-state index in [9.17, 15) is 9.59 Å². The third-order valence-corrected chi connectivity index (χ3v) is 3.38. The fraction of sp³-hybridized carbons (Fsp3) is 0.417. The van der Waals surface area contributed by atoms with Gasteiger partial charge in [0.05, 0.1) is 11.3 Å². The summed E-state index contributed by atoms with van der Waals surface area (Å²) in [5.41, 5.74) is 1.18. The highest BCUT2D eigenvalue weighted by Gasteiger charge is 2.22. The van der Waals surface area contributed by atoms with Crippen molar-refractivity contribution in [1.82, 2.24) is 29.8 Å². The summed E-state index contributed by atoms with van der Waals surface area (Å²) in [7, 11) is 0. The number of carbonyl (C=O) groups excluding carboxylic acids is 2. The molecule has 1 aliphatic rings. The fourth-order valence-electron chi connectivity index (χ4n) is 2.24. The summed E-state index contributed by atoms with van der Waals surface area (Å²) in [6.07, 6.45) is 3.24. The third kappa shape index (κ3) is 2.09. The van der Waals surface area contributed by atoms with Gasteiger partial charge in [0.1, 0.15) is 6.33 Å². The van der Waals surface area contributed by atoms with Gasteiger partial charge in [-0.25, -0.2) is 9.50 Å². The van der Waals surface area contributed by atoms with E-state index in [-0.39, 0.29) is 11.8 Å². The molecule has 0 atom stereocenters. The maximum atomic E-state index is 12.5. The van der Waals surface area contributed by atoms with Crippen LogP contribution in [-0.2, 0) is 4.79 Å². The average molecular weight is 274 g/mol. The molecule has 3 rings (SSSR count). The number of carbonyl (C=O) groups is 2. The monoisotopic (exact) mass is 274 g/mol. The number of rotatable bonds is 1.